The molecule has 0 spiro atoms. The van der Waals surface area contributed by atoms with Crippen molar-refractivity contribution in [3.05, 3.63) is 34.9 Å². The second-order valence-electron chi connectivity index (χ2n) is 2.96. The molecule has 0 saturated carbocycles. The van der Waals surface area contributed by atoms with E-state index in [4.69, 9.17) is 11.6 Å². The van der Waals surface area contributed by atoms with Gasteiger partial charge in [-0.25, -0.2) is 0 Å². The topological polar surface area (TPSA) is 3.24 Å². The first kappa shape index (κ1) is 9.56. The number of rotatable bonds is 3. The van der Waals surface area contributed by atoms with Gasteiger partial charge in [-0.15, -0.1) is 0 Å². The molecule has 0 radical (unpaired) electrons. The van der Waals surface area contributed by atoms with Crippen LogP contribution in [0.2, 0.25) is 5.02 Å². The van der Waals surface area contributed by atoms with E-state index < -0.39 is 0 Å². The number of hydrogen-bond acceptors (Lipinski definition) is 1. The number of hydrogen-bond donors (Lipinski definition) is 0. The van der Waals surface area contributed by atoms with Gasteiger partial charge < -0.3 is 4.90 Å². The summed E-state index contributed by atoms with van der Waals surface area (Å²) in [6.45, 7) is 4.17. The molecule has 1 rings (SSSR count). The molecule has 1 nitrogen and oxygen atoms in total. The van der Waals surface area contributed by atoms with E-state index in [1.165, 1.54) is 5.56 Å². The van der Waals surface area contributed by atoms with Crippen molar-refractivity contribution in [3.8, 4) is 0 Å². The maximum Gasteiger partial charge on any atom is 0.0409 e. The van der Waals surface area contributed by atoms with Crippen LogP contribution in [0.1, 0.15) is 12.5 Å². The Morgan fingerprint density at radius 2 is 2.17 bits per heavy atom. The molecule has 0 aliphatic rings. The first-order valence-corrected chi connectivity index (χ1v) is 4.53. The van der Waals surface area contributed by atoms with Crippen LogP contribution in [-0.2, 0) is 6.54 Å². The molecule has 0 N–H and O–H groups in total. The van der Waals surface area contributed by atoms with Crippen LogP contribution in [0, 0.1) is 0 Å². The summed E-state index contributed by atoms with van der Waals surface area (Å²) in [5.74, 6) is 0. The van der Waals surface area contributed by atoms with Gasteiger partial charge in [0.25, 0.3) is 0 Å². The third-order valence-electron chi connectivity index (χ3n) is 1.88. The minimum absolute atomic E-state index is 0.817. The Bertz CT molecular complexity index is 247. The fraction of sp³-hybridized carbons (Fsp3) is 0.400. The predicted molar refractivity (Wildman–Crippen MR) is 53.5 cm³/mol. The highest BCUT2D eigenvalue weighted by Crippen LogP contribution is 2.11. The summed E-state index contributed by atoms with van der Waals surface area (Å²) in [5, 5.41) is 0.817. The Kier molecular flexibility index (Phi) is 3.57. The highest BCUT2D eigenvalue weighted by atomic mass is 35.5. The molecule has 0 aliphatic heterocycles. The lowest BCUT2D eigenvalue weighted by atomic mass is 10.2. The molecule has 12 heavy (non-hydrogen) atoms. The smallest absolute Gasteiger partial charge is 0.0409 e. The van der Waals surface area contributed by atoms with E-state index in [-0.39, 0.29) is 0 Å². The molecule has 0 fully saturated rings. The Morgan fingerprint density at radius 1 is 1.42 bits per heavy atom. The molecule has 0 heterocycles. The van der Waals surface area contributed by atoms with Gasteiger partial charge >= 0.3 is 0 Å². The molecule has 1 aromatic carbocycles. The van der Waals surface area contributed by atoms with Gasteiger partial charge in [0.1, 0.15) is 0 Å². The van der Waals surface area contributed by atoms with Gasteiger partial charge in [-0.2, -0.15) is 0 Å². The van der Waals surface area contributed by atoms with Crippen LogP contribution in [-0.4, -0.2) is 18.5 Å². The fourth-order valence-electron chi connectivity index (χ4n) is 1.06. The zero-order valence-corrected chi connectivity index (χ0v) is 8.30. The van der Waals surface area contributed by atoms with Crippen molar-refractivity contribution < 1.29 is 0 Å². The summed E-state index contributed by atoms with van der Waals surface area (Å²) < 4.78 is 0. The van der Waals surface area contributed by atoms with E-state index in [2.05, 4.69) is 24.9 Å². The lowest BCUT2D eigenvalue weighted by Crippen LogP contribution is -2.16. The largest absolute Gasteiger partial charge is 0.302 e. The Morgan fingerprint density at radius 3 is 2.75 bits per heavy atom. The van der Waals surface area contributed by atoms with E-state index >= 15 is 0 Å². The van der Waals surface area contributed by atoms with Crippen molar-refractivity contribution in [2.45, 2.75) is 13.5 Å². The summed E-state index contributed by atoms with van der Waals surface area (Å²) in [6, 6.07) is 7.99. The maximum absolute atomic E-state index is 5.85. The Balaban J connectivity index is 2.63. The normalized spacial score (nSPS) is 10.7. The SMILES string of the molecule is CCN(C)Cc1cccc(Cl)c1. The van der Waals surface area contributed by atoms with Crippen molar-refractivity contribution >= 4 is 11.6 Å². The quantitative estimate of drug-likeness (QED) is 0.697. The highest BCUT2D eigenvalue weighted by molar-refractivity contribution is 6.30. The number of benzene rings is 1. The van der Waals surface area contributed by atoms with Crippen molar-refractivity contribution in [3.63, 3.8) is 0 Å². The molecule has 0 aromatic heterocycles. The van der Waals surface area contributed by atoms with Crippen LogP contribution >= 0.6 is 11.6 Å². The minimum atomic E-state index is 0.817. The average molecular weight is 184 g/mol. The monoisotopic (exact) mass is 183 g/mol. The molecule has 0 atom stereocenters. The van der Waals surface area contributed by atoms with E-state index in [9.17, 15) is 0 Å². The minimum Gasteiger partial charge on any atom is -0.302 e. The third kappa shape index (κ3) is 2.84. The van der Waals surface area contributed by atoms with E-state index in [0.717, 1.165) is 18.1 Å². The Labute approximate surface area is 79.0 Å². The summed E-state index contributed by atoms with van der Waals surface area (Å²) >= 11 is 5.85. The summed E-state index contributed by atoms with van der Waals surface area (Å²) in [6.07, 6.45) is 0. The number of nitrogens with zero attached hydrogens (tertiary/aromatic N) is 1. The van der Waals surface area contributed by atoms with Crippen LogP contribution in [0.15, 0.2) is 24.3 Å². The second kappa shape index (κ2) is 4.48. The van der Waals surface area contributed by atoms with Crippen molar-refractivity contribution in [2.75, 3.05) is 13.6 Å². The Hall–Kier alpha value is -0.530. The first-order chi connectivity index (χ1) is 5.72. The van der Waals surface area contributed by atoms with Crippen molar-refractivity contribution in [2.24, 2.45) is 0 Å². The lowest BCUT2D eigenvalue weighted by Gasteiger charge is -2.13. The van der Waals surface area contributed by atoms with Crippen LogP contribution in [0.5, 0.6) is 0 Å². The average Bonchev–Trinajstić information content (AvgIpc) is 2.04. The van der Waals surface area contributed by atoms with Gasteiger partial charge in [-0.05, 0) is 31.3 Å². The molecule has 0 amide bonds. The van der Waals surface area contributed by atoms with Gasteiger partial charge in [-0.1, -0.05) is 30.7 Å². The molecular formula is C10H14ClN. The zero-order chi connectivity index (χ0) is 8.97. The van der Waals surface area contributed by atoms with Gasteiger partial charge in [0, 0.05) is 11.6 Å². The fourth-order valence-corrected chi connectivity index (χ4v) is 1.27. The molecule has 0 aliphatic carbocycles. The van der Waals surface area contributed by atoms with Gasteiger partial charge in [-0.3, -0.25) is 0 Å². The standard InChI is InChI=1S/C10H14ClN/c1-3-12(2)8-9-5-4-6-10(11)7-9/h4-7H,3,8H2,1-2H3. The lowest BCUT2D eigenvalue weighted by molar-refractivity contribution is 0.346. The van der Waals surface area contributed by atoms with Crippen LogP contribution < -0.4 is 0 Å². The molecule has 0 saturated heterocycles. The van der Waals surface area contributed by atoms with Crippen molar-refractivity contribution in [1.82, 2.24) is 4.90 Å². The molecule has 2 heteroatoms. The van der Waals surface area contributed by atoms with E-state index in [0.29, 0.717) is 0 Å². The molecule has 0 bridgehead atoms. The van der Waals surface area contributed by atoms with Gasteiger partial charge in [0.05, 0.1) is 0 Å². The van der Waals surface area contributed by atoms with Crippen LogP contribution in [0.4, 0.5) is 0 Å². The van der Waals surface area contributed by atoms with Crippen molar-refractivity contribution in [1.29, 1.82) is 0 Å². The molecular weight excluding hydrogens is 170 g/mol. The van der Waals surface area contributed by atoms with Crippen LogP contribution in [0.25, 0.3) is 0 Å². The first-order valence-electron chi connectivity index (χ1n) is 4.15. The third-order valence-corrected chi connectivity index (χ3v) is 2.12. The number of halogens is 1. The molecule has 66 valence electrons. The maximum atomic E-state index is 5.85. The summed E-state index contributed by atoms with van der Waals surface area (Å²) in [5.41, 5.74) is 1.27. The molecule has 1 aromatic rings. The molecule has 0 unspecified atom stereocenters. The van der Waals surface area contributed by atoms with E-state index in [1.807, 2.05) is 18.2 Å². The van der Waals surface area contributed by atoms with Crippen LogP contribution in [0.3, 0.4) is 0 Å². The summed E-state index contributed by atoms with van der Waals surface area (Å²) in [4.78, 5) is 2.24. The predicted octanol–water partition coefficient (Wildman–Crippen LogP) is 2.79. The van der Waals surface area contributed by atoms with Gasteiger partial charge in [0.2, 0.25) is 0 Å². The van der Waals surface area contributed by atoms with E-state index in [1.54, 1.807) is 0 Å². The zero-order valence-electron chi connectivity index (χ0n) is 7.55. The summed E-state index contributed by atoms with van der Waals surface area (Å²) in [7, 11) is 2.10. The second-order valence-corrected chi connectivity index (χ2v) is 3.40. The highest BCUT2D eigenvalue weighted by Gasteiger charge is 1.97. The van der Waals surface area contributed by atoms with Gasteiger partial charge in [0.15, 0.2) is 0 Å².